The van der Waals surface area contributed by atoms with Crippen molar-refractivity contribution in [3.05, 3.63) is 0 Å². The molecule has 0 spiro atoms. The van der Waals surface area contributed by atoms with Gasteiger partial charge in [-0.15, -0.1) is 0 Å². The van der Waals surface area contributed by atoms with E-state index >= 15 is 0 Å². The van der Waals surface area contributed by atoms with E-state index in [0.717, 1.165) is 5.92 Å². The van der Waals surface area contributed by atoms with Crippen molar-refractivity contribution >= 4 is 0 Å². The SMILES string of the molecule is C.CC.CCCC(C)CC. The van der Waals surface area contributed by atoms with Gasteiger partial charge in [-0.3, -0.25) is 0 Å². The van der Waals surface area contributed by atoms with Crippen molar-refractivity contribution in [3.63, 3.8) is 0 Å². The highest BCUT2D eigenvalue weighted by Gasteiger charge is 1.92. The second kappa shape index (κ2) is 16.0. The molecule has 0 aromatic rings. The molecule has 1 unspecified atom stereocenters. The second-order valence-corrected chi connectivity index (χ2v) is 2.30. The summed E-state index contributed by atoms with van der Waals surface area (Å²) >= 11 is 0. The minimum absolute atomic E-state index is 0. The Morgan fingerprint density at radius 1 is 1.10 bits per heavy atom. The standard InChI is InChI=1S/C7H16.C2H6.CH4/c1-4-6-7(3)5-2;1-2;/h7H,4-6H2,1-3H3;1-2H3;1H4. The lowest BCUT2D eigenvalue weighted by atomic mass is 10.0. The van der Waals surface area contributed by atoms with Gasteiger partial charge < -0.3 is 0 Å². The summed E-state index contributed by atoms with van der Waals surface area (Å²) in [5.74, 6) is 0.949. The van der Waals surface area contributed by atoms with Crippen LogP contribution in [0.3, 0.4) is 0 Å². The van der Waals surface area contributed by atoms with Crippen molar-refractivity contribution in [2.75, 3.05) is 0 Å². The summed E-state index contributed by atoms with van der Waals surface area (Å²) in [7, 11) is 0. The zero-order valence-corrected chi connectivity index (χ0v) is 7.70. The Kier molecular flexibility index (Phi) is 26.4. The Labute approximate surface area is 68.0 Å². The smallest absolute Gasteiger partial charge is 0.0446 e. The molecule has 0 N–H and O–H groups in total. The fourth-order valence-electron chi connectivity index (χ4n) is 0.697. The van der Waals surface area contributed by atoms with Crippen molar-refractivity contribution in [2.24, 2.45) is 5.92 Å². The summed E-state index contributed by atoms with van der Waals surface area (Å²) < 4.78 is 0. The molecule has 0 radical (unpaired) electrons. The van der Waals surface area contributed by atoms with E-state index in [1.807, 2.05) is 13.8 Å². The molecule has 0 aliphatic heterocycles. The zero-order chi connectivity index (χ0) is 7.70. The number of hydrogen-bond donors (Lipinski definition) is 0. The van der Waals surface area contributed by atoms with E-state index in [9.17, 15) is 0 Å². The van der Waals surface area contributed by atoms with Crippen molar-refractivity contribution in [2.45, 2.75) is 61.3 Å². The first-order valence-electron chi connectivity index (χ1n) is 4.31. The molecule has 0 nitrogen and oxygen atoms in total. The molecule has 0 saturated heterocycles. The first-order valence-corrected chi connectivity index (χ1v) is 4.31. The molecule has 0 rings (SSSR count). The lowest BCUT2D eigenvalue weighted by Gasteiger charge is -2.02. The zero-order valence-electron chi connectivity index (χ0n) is 7.70. The van der Waals surface area contributed by atoms with Gasteiger partial charge in [0.05, 0.1) is 0 Å². The van der Waals surface area contributed by atoms with Gasteiger partial charge >= 0.3 is 0 Å². The predicted molar refractivity (Wildman–Crippen MR) is 52.4 cm³/mol. The van der Waals surface area contributed by atoms with Gasteiger partial charge in [-0.1, -0.05) is 61.3 Å². The molecular formula is C10H26. The van der Waals surface area contributed by atoms with Crippen LogP contribution >= 0.6 is 0 Å². The number of rotatable bonds is 3. The summed E-state index contributed by atoms with van der Waals surface area (Å²) in [4.78, 5) is 0. The summed E-state index contributed by atoms with van der Waals surface area (Å²) in [6, 6.07) is 0. The van der Waals surface area contributed by atoms with E-state index in [4.69, 9.17) is 0 Å². The third-order valence-electron chi connectivity index (χ3n) is 1.48. The molecule has 0 heterocycles. The third-order valence-corrected chi connectivity index (χ3v) is 1.48. The quantitative estimate of drug-likeness (QED) is 0.550. The maximum atomic E-state index is 2.31. The van der Waals surface area contributed by atoms with Crippen LogP contribution in [0, 0.1) is 5.92 Å². The molecule has 10 heavy (non-hydrogen) atoms. The first kappa shape index (κ1) is 16.5. The van der Waals surface area contributed by atoms with Gasteiger partial charge in [0.15, 0.2) is 0 Å². The van der Waals surface area contributed by atoms with Gasteiger partial charge in [-0.25, -0.2) is 0 Å². The van der Waals surface area contributed by atoms with Crippen LogP contribution in [0.5, 0.6) is 0 Å². The highest BCUT2D eigenvalue weighted by molar-refractivity contribution is 4.45. The molecule has 0 bridgehead atoms. The monoisotopic (exact) mass is 146 g/mol. The van der Waals surface area contributed by atoms with E-state index in [1.54, 1.807) is 0 Å². The molecule has 0 aromatic heterocycles. The van der Waals surface area contributed by atoms with Crippen LogP contribution in [0.15, 0.2) is 0 Å². The number of hydrogen-bond acceptors (Lipinski definition) is 0. The van der Waals surface area contributed by atoms with Gasteiger partial charge in [0.25, 0.3) is 0 Å². The third kappa shape index (κ3) is 15.7. The van der Waals surface area contributed by atoms with Crippen LogP contribution in [0.2, 0.25) is 0 Å². The Bertz CT molecular complexity index is 31.0. The molecular weight excluding hydrogens is 120 g/mol. The Morgan fingerprint density at radius 2 is 1.50 bits per heavy atom. The summed E-state index contributed by atoms with van der Waals surface area (Å²) in [5, 5.41) is 0. The fourth-order valence-corrected chi connectivity index (χ4v) is 0.697. The molecule has 66 valence electrons. The van der Waals surface area contributed by atoms with E-state index in [-0.39, 0.29) is 7.43 Å². The first-order chi connectivity index (χ1) is 4.31. The minimum Gasteiger partial charge on any atom is -0.0776 e. The van der Waals surface area contributed by atoms with Crippen LogP contribution in [0.4, 0.5) is 0 Å². The van der Waals surface area contributed by atoms with Crippen LogP contribution in [0.1, 0.15) is 61.3 Å². The maximum Gasteiger partial charge on any atom is -0.0446 e. The van der Waals surface area contributed by atoms with Crippen LogP contribution in [-0.2, 0) is 0 Å². The highest BCUT2D eigenvalue weighted by atomic mass is 14.0. The van der Waals surface area contributed by atoms with Gasteiger partial charge in [0, 0.05) is 0 Å². The fraction of sp³-hybridized carbons (Fsp3) is 1.00. The van der Waals surface area contributed by atoms with Gasteiger partial charge in [-0.2, -0.15) is 0 Å². The lowest BCUT2D eigenvalue weighted by molar-refractivity contribution is 0.509. The van der Waals surface area contributed by atoms with Gasteiger partial charge in [0.1, 0.15) is 0 Å². The topological polar surface area (TPSA) is 0 Å². The highest BCUT2D eigenvalue weighted by Crippen LogP contribution is 2.07. The Balaban J connectivity index is -0.000000149. The van der Waals surface area contributed by atoms with Crippen LogP contribution in [-0.4, -0.2) is 0 Å². The molecule has 0 aromatic carbocycles. The van der Waals surface area contributed by atoms with Gasteiger partial charge in [-0.05, 0) is 5.92 Å². The molecule has 0 aliphatic rings. The predicted octanol–water partition coefficient (Wildman–Crippen LogP) is 4.49. The second-order valence-electron chi connectivity index (χ2n) is 2.30. The van der Waals surface area contributed by atoms with Crippen LogP contribution < -0.4 is 0 Å². The van der Waals surface area contributed by atoms with E-state index in [2.05, 4.69) is 20.8 Å². The Hall–Kier alpha value is 0. The van der Waals surface area contributed by atoms with Crippen LogP contribution in [0.25, 0.3) is 0 Å². The van der Waals surface area contributed by atoms with Gasteiger partial charge in [0.2, 0.25) is 0 Å². The summed E-state index contributed by atoms with van der Waals surface area (Å²) in [6.07, 6.45) is 4.08. The normalized spacial score (nSPS) is 10.5. The van der Waals surface area contributed by atoms with Crippen molar-refractivity contribution in [1.82, 2.24) is 0 Å². The molecule has 0 aliphatic carbocycles. The lowest BCUT2D eigenvalue weighted by Crippen LogP contribution is -1.88. The average molecular weight is 146 g/mol. The largest absolute Gasteiger partial charge is 0.0776 e. The Morgan fingerprint density at radius 3 is 1.60 bits per heavy atom. The van der Waals surface area contributed by atoms with E-state index in [1.165, 1.54) is 19.3 Å². The van der Waals surface area contributed by atoms with Crippen molar-refractivity contribution in [1.29, 1.82) is 0 Å². The van der Waals surface area contributed by atoms with E-state index in [0.29, 0.717) is 0 Å². The van der Waals surface area contributed by atoms with Crippen molar-refractivity contribution in [3.8, 4) is 0 Å². The maximum absolute atomic E-state index is 2.31. The molecule has 0 heteroatoms. The van der Waals surface area contributed by atoms with E-state index < -0.39 is 0 Å². The summed E-state index contributed by atoms with van der Waals surface area (Å²) in [6.45, 7) is 10.8. The minimum atomic E-state index is 0. The summed E-state index contributed by atoms with van der Waals surface area (Å²) in [5.41, 5.74) is 0. The molecule has 1 atom stereocenters. The molecule has 0 amide bonds. The average Bonchev–Trinajstić information content (AvgIpc) is 1.93. The molecule has 0 fully saturated rings. The van der Waals surface area contributed by atoms with Crippen molar-refractivity contribution < 1.29 is 0 Å². The molecule has 0 saturated carbocycles.